The Morgan fingerprint density at radius 1 is 1.29 bits per heavy atom. The molecule has 2 heteroatoms. The first kappa shape index (κ1) is 8.90. The van der Waals surface area contributed by atoms with Gasteiger partial charge < -0.3 is 4.74 Å². The Kier molecular flexibility index (Phi) is 1.94. The summed E-state index contributed by atoms with van der Waals surface area (Å²) in [6.45, 7) is 0.916. The van der Waals surface area contributed by atoms with Crippen molar-refractivity contribution in [2.45, 2.75) is 51.0 Å². The highest BCUT2D eigenvalue weighted by molar-refractivity contribution is 5.92. The van der Waals surface area contributed by atoms with Crippen molar-refractivity contribution in [3.8, 4) is 0 Å². The minimum absolute atomic E-state index is 0.00507. The molecule has 2 nitrogen and oxygen atoms in total. The van der Waals surface area contributed by atoms with E-state index in [9.17, 15) is 4.79 Å². The van der Waals surface area contributed by atoms with Crippen molar-refractivity contribution in [2.75, 3.05) is 6.61 Å². The maximum atomic E-state index is 11.6. The average molecular weight is 194 g/mol. The van der Waals surface area contributed by atoms with Crippen molar-refractivity contribution >= 4 is 5.78 Å². The lowest BCUT2D eigenvalue weighted by Gasteiger charge is -2.44. The van der Waals surface area contributed by atoms with Crippen LogP contribution >= 0.6 is 0 Å². The third kappa shape index (κ3) is 1.23. The summed E-state index contributed by atoms with van der Waals surface area (Å²) in [5.74, 6) is 1.31. The fourth-order valence-electron chi connectivity index (χ4n) is 2.98. The molecule has 0 saturated heterocycles. The van der Waals surface area contributed by atoms with E-state index in [1.54, 1.807) is 0 Å². The second kappa shape index (κ2) is 3.06. The van der Waals surface area contributed by atoms with Crippen molar-refractivity contribution in [1.82, 2.24) is 0 Å². The molecule has 0 aromatic heterocycles. The highest BCUT2D eigenvalue weighted by Gasteiger charge is 2.56. The molecule has 14 heavy (non-hydrogen) atoms. The van der Waals surface area contributed by atoms with E-state index < -0.39 is 0 Å². The van der Waals surface area contributed by atoms with Crippen LogP contribution in [0.15, 0.2) is 0 Å². The SMILES string of the molecule is O=C1CC(OCC2CC2)C12CCCC2. The standard InChI is InChI=1S/C12H18O2/c13-10-7-11(14-8-9-3-4-9)12(10)5-1-2-6-12/h9,11H,1-8H2. The summed E-state index contributed by atoms with van der Waals surface area (Å²) < 4.78 is 5.89. The first-order valence-electron chi connectivity index (χ1n) is 5.96. The van der Waals surface area contributed by atoms with Crippen molar-refractivity contribution in [2.24, 2.45) is 11.3 Å². The Labute approximate surface area is 85.0 Å². The van der Waals surface area contributed by atoms with E-state index in [0.29, 0.717) is 12.2 Å². The molecule has 1 spiro atoms. The van der Waals surface area contributed by atoms with Crippen molar-refractivity contribution in [3.63, 3.8) is 0 Å². The van der Waals surface area contributed by atoms with Crippen LogP contribution in [0.5, 0.6) is 0 Å². The van der Waals surface area contributed by atoms with E-state index in [2.05, 4.69) is 0 Å². The fourth-order valence-corrected chi connectivity index (χ4v) is 2.98. The second-order valence-electron chi connectivity index (χ2n) is 5.26. The number of carbonyl (C=O) groups is 1. The molecule has 3 aliphatic carbocycles. The lowest BCUT2D eigenvalue weighted by molar-refractivity contribution is -0.163. The van der Waals surface area contributed by atoms with E-state index in [1.165, 1.54) is 25.7 Å². The number of rotatable bonds is 3. The zero-order valence-corrected chi connectivity index (χ0v) is 8.63. The summed E-state index contributed by atoms with van der Waals surface area (Å²) >= 11 is 0. The third-order valence-corrected chi connectivity index (χ3v) is 4.27. The van der Waals surface area contributed by atoms with Crippen molar-refractivity contribution in [1.29, 1.82) is 0 Å². The molecule has 0 N–H and O–H groups in total. The number of hydrogen-bond acceptors (Lipinski definition) is 2. The van der Waals surface area contributed by atoms with Crippen LogP contribution in [0.4, 0.5) is 0 Å². The number of Topliss-reactive ketones (excluding diaryl/α,β-unsaturated/α-hetero) is 1. The molecule has 3 aliphatic rings. The molecule has 1 unspecified atom stereocenters. The molecule has 1 atom stereocenters. The summed E-state index contributed by atoms with van der Waals surface area (Å²) in [4.78, 5) is 11.6. The van der Waals surface area contributed by atoms with Crippen LogP contribution in [0.2, 0.25) is 0 Å². The van der Waals surface area contributed by atoms with Crippen molar-refractivity contribution in [3.05, 3.63) is 0 Å². The Morgan fingerprint density at radius 3 is 2.57 bits per heavy atom. The van der Waals surface area contributed by atoms with Gasteiger partial charge in [-0.25, -0.2) is 0 Å². The van der Waals surface area contributed by atoms with E-state index in [4.69, 9.17) is 4.74 Å². The second-order valence-corrected chi connectivity index (χ2v) is 5.26. The van der Waals surface area contributed by atoms with Crippen LogP contribution < -0.4 is 0 Å². The molecule has 78 valence electrons. The summed E-state index contributed by atoms with van der Waals surface area (Å²) in [5, 5.41) is 0. The monoisotopic (exact) mass is 194 g/mol. The highest BCUT2D eigenvalue weighted by atomic mass is 16.5. The molecule has 0 aromatic rings. The minimum atomic E-state index is -0.00507. The Hall–Kier alpha value is -0.370. The molecule has 0 radical (unpaired) electrons. The van der Waals surface area contributed by atoms with Gasteiger partial charge in [0.25, 0.3) is 0 Å². The molecule has 0 heterocycles. The predicted molar refractivity (Wildman–Crippen MR) is 53.0 cm³/mol. The van der Waals surface area contributed by atoms with Crippen LogP contribution in [-0.4, -0.2) is 18.5 Å². The molecule has 3 saturated carbocycles. The van der Waals surface area contributed by atoms with Gasteiger partial charge in [-0.2, -0.15) is 0 Å². The molecule has 0 aliphatic heterocycles. The van der Waals surface area contributed by atoms with Gasteiger partial charge in [0, 0.05) is 13.0 Å². The molecule has 0 amide bonds. The van der Waals surface area contributed by atoms with Gasteiger partial charge in [-0.15, -0.1) is 0 Å². The number of carbonyl (C=O) groups excluding carboxylic acids is 1. The molecule has 0 aromatic carbocycles. The molecular formula is C12H18O2. The lowest BCUT2D eigenvalue weighted by atomic mass is 9.63. The number of hydrogen-bond donors (Lipinski definition) is 0. The van der Waals surface area contributed by atoms with Crippen LogP contribution in [0.1, 0.15) is 44.9 Å². The Balaban J connectivity index is 1.60. The van der Waals surface area contributed by atoms with Gasteiger partial charge in [0.05, 0.1) is 11.5 Å². The van der Waals surface area contributed by atoms with Crippen molar-refractivity contribution < 1.29 is 9.53 Å². The van der Waals surface area contributed by atoms with E-state index >= 15 is 0 Å². The highest BCUT2D eigenvalue weighted by Crippen LogP contribution is 2.52. The average Bonchev–Trinajstić information content (AvgIpc) is 2.84. The van der Waals surface area contributed by atoms with Gasteiger partial charge in [-0.05, 0) is 31.6 Å². The van der Waals surface area contributed by atoms with Crippen LogP contribution in [0.25, 0.3) is 0 Å². The number of ketones is 1. The van der Waals surface area contributed by atoms with E-state index in [-0.39, 0.29) is 11.5 Å². The van der Waals surface area contributed by atoms with Gasteiger partial charge >= 0.3 is 0 Å². The van der Waals surface area contributed by atoms with Gasteiger partial charge in [0.2, 0.25) is 0 Å². The maximum Gasteiger partial charge on any atom is 0.144 e. The van der Waals surface area contributed by atoms with E-state index in [0.717, 1.165) is 25.4 Å². The molecule has 3 fully saturated rings. The Bertz CT molecular complexity index is 249. The lowest BCUT2D eigenvalue weighted by Crippen LogP contribution is -2.53. The summed E-state index contributed by atoms with van der Waals surface area (Å²) in [5.41, 5.74) is -0.00507. The fraction of sp³-hybridized carbons (Fsp3) is 0.917. The maximum absolute atomic E-state index is 11.6. The topological polar surface area (TPSA) is 26.3 Å². The summed E-state index contributed by atoms with van der Waals surface area (Å²) in [7, 11) is 0. The normalized spacial score (nSPS) is 34.9. The smallest absolute Gasteiger partial charge is 0.144 e. The molecule has 3 rings (SSSR count). The zero-order chi connectivity index (χ0) is 9.60. The van der Waals surface area contributed by atoms with Gasteiger partial charge in [-0.1, -0.05) is 12.8 Å². The first-order valence-corrected chi connectivity index (χ1v) is 5.96. The largest absolute Gasteiger partial charge is 0.376 e. The first-order chi connectivity index (χ1) is 6.81. The van der Waals surface area contributed by atoms with Crippen LogP contribution in [0, 0.1) is 11.3 Å². The minimum Gasteiger partial charge on any atom is -0.376 e. The number of ether oxygens (including phenoxy) is 1. The Morgan fingerprint density at radius 2 is 2.00 bits per heavy atom. The van der Waals surface area contributed by atoms with Gasteiger partial charge in [0.15, 0.2) is 0 Å². The molecule has 0 bridgehead atoms. The predicted octanol–water partition coefficient (Wildman–Crippen LogP) is 2.31. The third-order valence-electron chi connectivity index (χ3n) is 4.27. The van der Waals surface area contributed by atoms with Gasteiger partial charge in [-0.3, -0.25) is 4.79 Å². The van der Waals surface area contributed by atoms with Gasteiger partial charge in [0.1, 0.15) is 5.78 Å². The van der Waals surface area contributed by atoms with E-state index in [1.807, 2.05) is 0 Å². The van der Waals surface area contributed by atoms with Crippen LogP contribution in [-0.2, 0) is 9.53 Å². The zero-order valence-electron chi connectivity index (χ0n) is 8.63. The van der Waals surface area contributed by atoms with Crippen LogP contribution in [0.3, 0.4) is 0 Å². The quantitative estimate of drug-likeness (QED) is 0.689. The summed E-state index contributed by atoms with van der Waals surface area (Å²) in [6, 6.07) is 0. The molecular weight excluding hydrogens is 176 g/mol. The summed E-state index contributed by atoms with van der Waals surface area (Å²) in [6.07, 6.45) is 8.33.